The number of furan rings is 2. The largest absolute Gasteiger partial charge is 0.456 e. The molecule has 8 nitrogen and oxygen atoms in total. The van der Waals surface area contributed by atoms with Gasteiger partial charge in [0.15, 0.2) is 28.9 Å². The van der Waals surface area contributed by atoms with Crippen LogP contribution in [0, 0.1) is 0 Å². The minimum atomic E-state index is 0.540. The van der Waals surface area contributed by atoms with E-state index in [1.807, 2.05) is 109 Å². The van der Waals surface area contributed by atoms with E-state index in [9.17, 15) is 0 Å². The summed E-state index contributed by atoms with van der Waals surface area (Å²) in [6, 6.07) is 65.8. The number of hydrogen-bond acceptors (Lipinski definition) is 7. The highest BCUT2D eigenvalue weighted by atomic mass is 16.3. The SMILES string of the molecule is c1ccc(-c2nc(-c3ccc4c(c3)oc3cccc(-c5nc(-c6ccccc6)c6oc7ccccc7c6n5)c34)nc(-c3ccc4c5ccccc5n(-c5ccccc5)c4c3)n2)cc1. The number of para-hydroxylation sites is 3. The van der Waals surface area contributed by atoms with Crippen molar-refractivity contribution in [3.63, 3.8) is 0 Å². The summed E-state index contributed by atoms with van der Waals surface area (Å²) in [4.78, 5) is 25.7. The van der Waals surface area contributed by atoms with Gasteiger partial charge in [-0.25, -0.2) is 24.9 Å². The summed E-state index contributed by atoms with van der Waals surface area (Å²) in [6.07, 6.45) is 0. The van der Waals surface area contributed by atoms with Crippen LogP contribution in [-0.4, -0.2) is 29.5 Å². The lowest BCUT2D eigenvalue weighted by atomic mass is 10.0. The standard InChI is InChI=1S/C55H32N6O2/c1-4-15-33(16-5-1)49-51-50(41-22-11-13-25-45(41)63-51)57-55(56-49)42-23-14-26-46-48(42)40-30-28-36(32-47(40)62-46)54-59-52(34-17-6-2-7-18-34)58-53(60-54)35-27-29-39-38-21-10-12-24-43(38)61(44(39)31-35)37-19-8-3-9-20-37/h1-32H. The van der Waals surface area contributed by atoms with E-state index < -0.39 is 0 Å². The Kier molecular flexibility index (Phi) is 7.74. The Bertz CT molecular complexity index is 3910. The Labute approximate surface area is 359 Å². The van der Waals surface area contributed by atoms with Gasteiger partial charge in [-0.2, -0.15) is 0 Å². The van der Waals surface area contributed by atoms with Crippen LogP contribution in [0.4, 0.5) is 0 Å². The topological polar surface area (TPSA) is 95.7 Å². The molecule has 0 amide bonds. The second kappa shape index (κ2) is 13.9. The van der Waals surface area contributed by atoms with Crippen LogP contribution >= 0.6 is 0 Å². The summed E-state index contributed by atoms with van der Waals surface area (Å²) in [7, 11) is 0. The number of hydrogen-bond donors (Lipinski definition) is 0. The third kappa shape index (κ3) is 5.66. The van der Waals surface area contributed by atoms with Crippen molar-refractivity contribution in [1.82, 2.24) is 29.5 Å². The van der Waals surface area contributed by atoms with Crippen molar-refractivity contribution in [2.75, 3.05) is 0 Å². The summed E-state index contributed by atoms with van der Waals surface area (Å²) in [5.41, 5.74) is 12.0. The molecule has 8 heteroatoms. The maximum atomic E-state index is 6.65. The molecule has 63 heavy (non-hydrogen) atoms. The Morgan fingerprint density at radius 3 is 1.73 bits per heavy atom. The highest BCUT2D eigenvalue weighted by Crippen LogP contribution is 2.41. The molecule has 13 rings (SSSR count). The van der Waals surface area contributed by atoms with E-state index in [0.29, 0.717) is 34.5 Å². The molecule has 13 aromatic rings. The molecular weight excluding hydrogens is 777 g/mol. The molecule has 0 unspecified atom stereocenters. The lowest BCUT2D eigenvalue weighted by Crippen LogP contribution is -2.00. The molecule has 0 saturated carbocycles. The fourth-order valence-corrected chi connectivity index (χ4v) is 8.97. The lowest BCUT2D eigenvalue weighted by Gasteiger charge is -2.10. The van der Waals surface area contributed by atoms with Crippen molar-refractivity contribution in [1.29, 1.82) is 0 Å². The molecule has 294 valence electrons. The van der Waals surface area contributed by atoms with Gasteiger partial charge in [0.1, 0.15) is 28.0 Å². The van der Waals surface area contributed by atoms with E-state index in [1.54, 1.807) is 0 Å². The van der Waals surface area contributed by atoms with Gasteiger partial charge in [0, 0.05) is 60.4 Å². The number of nitrogens with zero attached hydrogens (tertiary/aromatic N) is 6. The molecule has 5 aromatic heterocycles. The van der Waals surface area contributed by atoms with Gasteiger partial charge >= 0.3 is 0 Å². The molecule has 0 spiro atoms. The number of aromatic nitrogens is 6. The van der Waals surface area contributed by atoms with E-state index in [-0.39, 0.29) is 0 Å². The molecule has 5 heterocycles. The molecule has 0 aliphatic rings. The first-order chi connectivity index (χ1) is 31.2. The number of fused-ring (bicyclic) bond motifs is 9. The Morgan fingerprint density at radius 1 is 0.349 bits per heavy atom. The highest BCUT2D eigenvalue weighted by molar-refractivity contribution is 6.14. The lowest BCUT2D eigenvalue weighted by molar-refractivity contribution is 0.667. The van der Waals surface area contributed by atoms with E-state index in [2.05, 4.69) is 89.5 Å². The zero-order valence-corrected chi connectivity index (χ0v) is 33.5. The van der Waals surface area contributed by atoms with Gasteiger partial charge in [0.05, 0.1) is 11.0 Å². The van der Waals surface area contributed by atoms with Gasteiger partial charge in [-0.1, -0.05) is 140 Å². The van der Waals surface area contributed by atoms with Gasteiger partial charge in [-0.15, -0.1) is 0 Å². The van der Waals surface area contributed by atoms with Gasteiger partial charge < -0.3 is 13.4 Å². The van der Waals surface area contributed by atoms with Crippen LogP contribution in [0.3, 0.4) is 0 Å². The van der Waals surface area contributed by atoms with Crippen molar-refractivity contribution in [2.24, 2.45) is 0 Å². The van der Waals surface area contributed by atoms with Crippen molar-refractivity contribution < 1.29 is 8.83 Å². The second-order valence-corrected chi connectivity index (χ2v) is 15.6. The average molecular weight is 809 g/mol. The molecule has 0 saturated heterocycles. The molecule has 0 bridgehead atoms. The van der Waals surface area contributed by atoms with Crippen LogP contribution in [0.2, 0.25) is 0 Å². The molecule has 0 atom stereocenters. The van der Waals surface area contributed by atoms with E-state index in [0.717, 1.165) is 88.5 Å². The summed E-state index contributed by atoms with van der Waals surface area (Å²) in [6.45, 7) is 0. The van der Waals surface area contributed by atoms with Crippen LogP contribution in [0.5, 0.6) is 0 Å². The van der Waals surface area contributed by atoms with Crippen LogP contribution in [0.1, 0.15) is 0 Å². The van der Waals surface area contributed by atoms with E-state index in [4.69, 9.17) is 33.8 Å². The predicted molar refractivity (Wildman–Crippen MR) is 251 cm³/mol. The Balaban J connectivity index is 0.978. The molecule has 8 aromatic carbocycles. The van der Waals surface area contributed by atoms with Gasteiger partial charge in [-0.3, -0.25) is 0 Å². The van der Waals surface area contributed by atoms with Crippen molar-refractivity contribution in [3.05, 3.63) is 194 Å². The van der Waals surface area contributed by atoms with E-state index >= 15 is 0 Å². The highest BCUT2D eigenvalue weighted by Gasteiger charge is 2.22. The maximum absolute atomic E-state index is 6.65. The minimum absolute atomic E-state index is 0.540. The van der Waals surface area contributed by atoms with Crippen LogP contribution in [0.15, 0.2) is 203 Å². The summed E-state index contributed by atoms with van der Waals surface area (Å²) >= 11 is 0. The maximum Gasteiger partial charge on any atom is 0.180 e. The molecule has 0 radical (unpaired) electrons. The van der Waals surface area contributed by atoms with Crippen molar-refractivity contribution >= 4 is 65.8 Å². The second-order valence-electron chi connectivity index (χ2n) is 15.6. The first-order valence-electron chi connectivity index (χ1n) is 20.8. The fraction of sp³-hybridized carbons (Fsp3) is 0. The van der Waals surface area contributed by atoms with Crippen molar-refractivity contribution in [2.45, 2.75) is 0 Å². The third-order valence-corrected chi connectivity index (χ3v) is 11.9. The Hall–Kier alpha value is -8.75. The minimum Gasteiger partial charge on any atom is -0.456 e. The van der Waals surface area contributed by atoms with Crippen LogP contribution in [-0.2, 0) is 0 Å². The van der Waals surface area contributed by atoms with Crippen LogP contribution in [0.25, 0.3) is 128 Å². The van der Waals surface area contributed by atoms with Gasteiger partial charge in [0.2, 0.25) is 0 Å². The number of benzene rings is 8. The van der Waals surface area contributed by atoms with Gasteiger partial charge in [0.25, 0.3) is 0 Å². The average Bonchev–Trinajstić information content (AvgIpc) is 4.03. The number of rotatable bonds is 6. The van der Waals surface area contributed by atoms with E-state index in [1.165, 1.54) is 5.39 Å². The fourth-order valence-electron chi connectivity index (χ4n) is 8.97. The first kappa shape index (κ1) is 35.0. The zero-order chi connectivity index (χ0) is 41.4. The molecular formula is C55H32N6O2. The monoisotopic (exact) mass is 808 g/mol. The zero-order valence-electron chi connectivity index (χ0n) is 33.5. The summed E-state index contributed by atoms with van der Waals surface area (Å²) in [5.74, 6) is 2.28. The molecule has 0 aliphatic heterocycles. The molecule has 0 N–H and O–H groups in total. The molecule has 0 fully saturated rings. The third-order valence-electron chi connectivity index (χ3n) is 11.9. The predicted octanol–water partition coefficient (Wildman–Crippen LogP) is 13.9. The summed E-state index contributed by atoms with van der Waals surface area (Å²) in [5, 5.41) is 5.14. The van der Waals surface area contributed by atoms with Crippen molar-refractivity contribution in [3.8, 4) is 62.5 Å². The summed E-state index contributed by atoms with van der Waals surface area (Å²) < 4.78 is 15.3. The quantitative estimate of drug-likeness (QED) is 0.165. The normalized spacial score (nSPS) is 11.8. The Morgan fingerprint density at radius 2 is 0.952 bits per heavy atom. The molecule has 0 aliphatic carbocycles. The first-order valence-corrected chi connectivity index (χ1v) is 20.8. The van der Waals surface area contributed by atoms with Crippen LogP contribution < -0.4 is 0 Å². The van der Waals surface area contributed by atoms with Gasteiger partial charge in [-0.05, 0) is 54.6 Å². The smallest absolute Gasteiger partial charge is 0.180 e.